The zero-order valence-electron chi connectivity index (χ0n) is 14.8. The Morgan fingerprint density at radius 2 is 2.04 bits per heavy atom. The second-order valence-corrected chi connectivity index (χ2v) is 6.39. The lowest BCUT2D eigenvalue weighted by molar-refractivity contribution is -0.140. The molecule has 0 radical (unpaired) electrons. The van der Waals surface area contributed by atoms with Gasteiger partial charge in [0.15, 0.2) is 6.23 Å². The molecule has 1 saturated heterocycles. The van der Waals surface area contributed by atoms with Crippen molar-refractivity contribution < 1.29 is 14.3 Å². The summed E-state index contributed by atoms with van der Waals surface area (Å²) >= 11 is 0. The van der Waals surface area contributed by atoms with Crippen molar-refractivity contribution in [2.75, 3.05) is 13.6 Å². The van der Waals surface area contributed by atoms with E-state index in [2.05, 4.69) is 19.2 Å². The second kappa shape index (κ2) is 8.71. The average molecular weight is 332 g/mol. The molecule has 5 nitrogen and oxygen atoms in total. The number of unbranched alkanes of at least 4 members (excludes halogenated alkanes) is 1. The number of carbonyl (C=O) groups excluding carboxylic acids is 2. The minimum absolute atomic E-state index is 0.0191. The van der Waals surface area contributed by atoms with Crippen LogP contribution in [0.25, 0.3) is 0 Å². The number of alkyl carbamates (subject to hydrolysis) is 1. The summed E-state index contributed by atoms with van der Waals surface area (Å²) in [5.74, 6) is 0.102. The van der Waals surface area contributed by atoms with E-state index in [9.17, 15) is 9.59 Å². The quantitative estimate of drug-likeness (QED) is 0.792. The Bertz CT molecular complexity index is 547. The molecule has 1 aliphatic rings. The summed E-state index contributed by atoms with van der Waals surface area (Å²) in [5.41, 5.74) is 1.04. The molecule has 0 bridgehead atoms. The normalized spacial score (nSPS) is 19.3. The predicted octanol–water partition coefficient (Wildman–Crippen LogP) is 3.51. The Balaban J connectivity index is 2.23. The molecule has 1 aromatic rings. The topological polar surface area (TPSA) is 58.6 Å². The van der Waals surface area contributed by atoms with E-state index in [1.165, 1.54) is 0 Å². The first kappa shape index (κ1) is 18.3. The largest absolute Gasteiger partial charge is 0.423 e. The van der Waals surface area contributed by atoms with Crippen LogP contribution < -0.4 is 5.32 Å². The summed E-state index contributed by atoms with van der Waals surface area (Å²) in [4.78, 5) is 26.1. The molecule has 2 amide bonds. The van der Waals surface area contributed by atoms with Crippen LogP contribution in [0.2, 0.25) is 0 Å². The molecule has 0 aromatic heterocycles. The first-order valence-corrected chi connectivity index (χ1v) is 8.84. The van der Waals surface area contributed by atoms with E-state index in [1.54, 1.807) is 11.9 Å². The van der Waals surface area contributed by atoms with Gasteiger partial charge in [0.2, 0.25) is 5.91 Å². The zero-order valence-corrected chi connectivity index (χ0v) is 14.8. The molecule has 1 aliphatic heterocycles. The molecule has 0 saturated carbocycles. The van der Waals surface area contributed by atoms with E-state index in [0.29, 0.717) is 6.54 Å². The molecule has 24 heavy (non-hydrogen) atoms. The van der Waals surface area contributed by atoms with Crippen molar-refractivity contribution in [1.82, 2.24) is 10.2 Å². The summed E-state index contributed by atoms with van der Waals surface area (Å²) in [6, 6.07) is 9.94. The van der Waals surface area contributed by atoms with Gasteiger partial charge in [-0.25, -0.2) is 4.79 Å². The number of ether oxygens (including phenoxy) is 1. The van der Waals surface area contributed by atoms with Gasteiger partial charge in [-0.2, -0.15) is 0 Å². The van der Waals surface area contributed by atoms with Gasteiger partial charge in [-0.1, -0.05) is 63.4 Å². The van der Waals surface area contributed by atoms with E-state index in [0.717, 1.165) is 31.2 Å². The van der Waals surface area contributed by atoms with Gasteiger partial charge >= 0.3 is 6.09 Å². The summed E-state index contributed by atoms with van der Waals surface area (Å²) in [6.07, 6.45) is 3.20. The number of hydrogen-bond donors (Lipinski definition) is 1. The van der Waals surface area contributed by atoms with Crippen molar-refractivity contribution in [1.29, 1.82) is 0 Å². The molecule has 2 rings (SSSR count). The lowest BCUT2D eigenvalue weighted by Crippen LogP contribution is -2.43. The van der Waals surface area contributed by atoms with E-state index < -0.39 is 12.3 Å². The highest BCUT2D eigenvalue weighted by molar-refractivity contribution is 5.84. The lowest BCUT2D eigenvalue weighted by atomic mass is 9.80. The Kier molecular flexibility index (Phi) is 6.64. The monoisotopic (exact) mass is 332 g/mol. The molecule has 1 aromatic carbocycles. The summed E-state index contributed by atoms with van der Waals surface area (Å²) in [5, 5.41) is 2.61. The Morgan fingerprint density at radius 1 is 1.33 bits per heavy atom. The number of likely N-dealkylation sites (N-methyl/N-ethyl adjacent to an activating group) is 1. The Labute approximate surface area is 144 Å². The van der Waals surface area contributed by atoms with E-state index in [1.807, 2.05) is 30.3 Å². The molecular formula is C19H28N2O3. The number of carbonyl (C=O) groups is 2. The molecule has 3 atom stereocenters. The number of amides is 2. The summed E-state index contributed by atoms with van der Waals surface area (Å²) in [6.45, 7) is 4.65. The minimum atomic E-state index is -0.528. The maximum Gasteiger partial charge on any atom is 0.409 e. The van der Waals surface area contributed by atoms with E-state index >= 15 is 0 Å². The fourth-order valence-electron chi connectivity index (χ4n) is 3.30. The van der Waals surface area contributed by atoms with Crippen LogP contribution in [0.4, 0.5) is 4.79 Å². The van der Waals surface area contributed by atoms with E-state index in [-0.39, 0.29) is 17.7 Å². The van der Waals surface area contributed by atoms with Crippen molar-refractivity contribution >= 4 is 12.0 Å². The maximum absolute atomic E-state index is 13.2. The van der Waals surface area contributed by atoms with Crippen LogP contribution in [0.1, 0.15) is 51.0 Å². The molecule has 5 heteroatoms. The van der Waals surface area contributed by atoms with Gasteiger partial charge < -0.3 is 15.0 Å². The lowest BCUT2D eigenvalue weighted by Gasteiger charge is -2.31. The van der Waals surface area contributed by atoms with Crippen LogP contribution >= 0.6 is 0 Å². The van der Waals surface area contributed by atoms with Crippen molar-refractivity contribution in [2.24, 2.45) is 5.92 Å². The standard InChI is InChI=1S/C19H28N2O3/c1-4-6-10-14(5-2)17(15-11-8-7-9-12-15)18(22)21(3)16-13-20-19(23)24-16/h7-9,11-12,14,16-17H,4-6,10,13H2,1-3H3,(H,20,23). The minimum Gasteiger partial charge on any atom is -0.423 e. The van der Waals surface area contributed by atoms with Gasteiger partial charge in [0, 0.05) is 7.05 Å². The zero-order chi connectivity index (χ0) is 17.5. The molecule has 1 fully saturated rings. The maximum atomic E-state index is 13.2. The van der Waals surface area contributed by atoms with Crippen molar-refractivity contribution in [3.63, 3.8) is 0 Å². The van der Waals surface area contributed by atoms with Gasteiger partial charge in [-0.15, -0.1) is 0 Å². The van der Waals surface area contributed by atoms with Crippen LogP contribution in [-0.4, -0.2) is 36.7 Å². The highest BCUT2D eigenvalue weighted by atomic mass is 16.6. The van der Waals surface area contributed by atoms with Crippen LogP contribution in [-0.2, 0) is 9.53 Å². The highest BCUT2D eigenvalue weighted by Gasteiger charge is 2.36. The van der Waals surface area contributed by atoms with Crippen molar-refractivity contribution in [2.45, 2.75) is 51.7 Å². The summed E-state index contributed by atoms with van der Waals surface area (Å²) < 4.78 is 5.18. The van der Waals surface area contributed by atoms with Crippen molar-refractivity contribution in [3.05, 3.63) is 35.9 Å². The Hall–Kier alpha value is -2.04. The average Bonchev–Trinajstić information content (AvgIpc) is 3.04. The third kappa shape index (κ3) is 4.28. The van der Waals surface area contributed by atoms with Crippen LogP contribution in [0.15, 0.2) is 30.3 Å². The van der Waals surface area contributed by atoms with Gasteiger partial charge in [-0.05, 0) is 17.9 Å². The molecular weight excluding hydrogens is 304 g/mol. The molecule has 1 N–H and O–H groups in total. The molecule has 3 unspecified atom stereocenters. The number of benzene rings is 1. The summed E-state index contributed by atoms with van der Waals surface area (Å²) in [7, 11) is 1.72. The number of hydrogen-bond acceptors (Lipinski definition) is 3. The van der Waals surface area contributed by atoms with Crippen LogP contribution in [0.5, 0.6) is 0 Å². The highest BCUT2D eigenvalue weighted by Crippen LogP contribution is 2.33. The smallest absolute Gasteiger partial charge is 0.409 e. The van der Waals surface area contributed by atoms with Crippen molar-refractivity contribution in [3.8, 4) is 0 Å². The first-order chi connectivity index (χ1) is 11.6. The third-order valence-electron chi connectivity index (χ3n) is 4.79. The molecule has 132 valence electrons. The number of nitrogens with one attached hydrogen (secondary N) is 1. The van der Waals surface area contributed by atoms with Crippen LogP contribution in [0.3, 0.4) is 0 Å². The number of rotatable bonds is 8. The fraction of sp³-hybridized carbons (Fsp3) is 0.579. The van der Waals surface area contributed by atoms with Gasteiger partial charge in [0.25, 0.3) is 0 Å². The second-order valence-electron chi connectivity index (χ2n) is 6.39. The van der Waals surface area contributed by atoms with E-state index in [4.69, 9.17) is 4.74 Å². The van der Waals surface area contributed by atoms with Crippen LogP contribution in [0, 0.1) is 5.92 Å². The Morgan fingerprint density at radius 3 is 2.58 bits per heavy atom. The van der Waals surface area contributed by atoms with Gasteiger partial charge in [-0.3, -0.25) is 4.79 Å². The molecule has 0 aliphatic carbocycles. The fourth-order valence-corrected chi connectivity index (χ4v) is 3.30. The SMILES string of the molecule is CCCCC(CC)C(C(=O)N(C)C1CNC(=O)O1)c1ccccc1. The third-order valence-corrected chi connectivity index (χ3v) is 4.79. The van der Waals surface area contributed by atoms with Gasteiger partial charge in [0.05, 0.1) is 12.5 Å². The molecule has 1 heterocycles. The first-order valence-electron chi connectivity index (χ1n) is 8.84. The number of cyclic esters (lactones) is 1. The molecule has 0 spiro atoms. The predicted molar refractivity (Wildman–Crippen MR) is 93.5 cm³/mol. The number of nitrogens with zero attached hydrogens (tertiary/aromatic N) is 1. The van der Waals surface area contributed by atoms with Gasteiger partial charge in [0.1, 0.15) is 0 Å².